The molecule has 4 aliphatic rings. The number of Topliss-reactive ketones (excluding diaryl/α,β-unsaturated/α-hetero) is 2. The average molecular weight is 813 g/mol. The number of nitrogens with two attached hydrogens (primary N) is 1. The minimum atomic E-state index is -1.16. The average Bonchev–Trinajstić information content (AvgIpc) is 3.22. The van der Waals surface area contributed by atoms with Gasteiger partial charge in [-0.15, -0.1) is 0 Å². The van der Waals surface area contributed by atoms with E-state index < -0.39 is 54.2 Å². The molecule has 15 heteroatoms. The number of morpholine rings is 1. The number of ketones is 2. The Bertz CT molecular complexity index is 2190. The van der Waals surface area contributed by atoms with Crippen molar-refractivity contribution in [3.63, 3.8) is 0 Å². The number of anilines is 1. The molecule has 3 aliphatic heterocycles. The van der Waals surface area contributed by atoms with Gasteiger partial charge in [0.05, 0.1) is 48.1 Å². The second kappa shape index (κ2) is 19.4. The Labute approximate surface area is 342 Å². The van der Waals surface area contributed by atoms with Crippen LogP contribution in [0.4, 0.5) is 10.7 Å². The number of methoxy groups -OCH3 is 1. The Hall–Kier alpha value is -5.69. The molecular formula is C44H52N4O11. The summed E-state index contributed by atoms with van der Waals surface area (Å²) in [7, 11) is 1.49. The topological polar surface area (TPSA) is 209 Å². The number of primary amides is 1. The maximum absolute atomic E-state index is 14.2. The number of rotatable bonds is 7. The highest BCUT2D eigenvalue weighted by Gasteiger charge is 2.39. The molecule has 0 saturated carbocycles. The molecule has 0 radical (unpaired) electrons. The summed E-state index contributed by atoms with van der Waals surface area (Å²) >= 11 is 0. The Kier molecular flexibility index (Phi) is 14.1. The summed E-state index contributed by atoms with van der Waals surface area (Å²) in [5.41, 5.74) is 7.23. The minimum absolute atomic E-state index is 0.146. The third kappa shape index (κ3) is 10.3. The summed E-state index contributed by atoms with van der Waals surface area (Å²) in [5, 5.41) is 17.8. The number of unbranched alkanes of at least 4 members (excludes halogenated alkanes) is 1. The second-order valence-corrected chi connectivity index (χ2v) is 15.4. The first kappa shape index (κ1) is 42.9. The lowest BCUT2D eigenvalue weighted by Gasteiger charge is -2.30. The molecule has 5 N–H and O–H groups in total. The van der Waals surface area contributed by atoms with E-state index in [1.54, 1.807) is 50.3 Å². The standard InChI is InChI=1S/C44H52N4O11/c1-25-20-30-38(46-15-7-5-6-10-28-11-8-12-29-32(49)24-37(58-42(28)29)48-16-18-56-19-17-48)33(50)23-31(40(30)52)47-43(53)35-14-9-13-34(57-35)41(59-44(45)54)27(3)22-26(2)39(51)36(21-25)55-4/h8-9,11-14,22,24-26,31,34,36,39,41,46,51H,5,7,15-21,23H2,1-4H3,(H2,45,54)(H,47,53)/b27-22+/t25-,26+,31?,34+,36-,39-,41+/m1/s1. The number of hydrogen-bond acceptors (Lipinski definition) is 13. The van der Waals surface area contributed by atoms with Crippen LogP contribution in [-0.2, 0) is 33.3 Å². The number of aliphatic hydroxyl groups is 1. The van der Waals surface area contributed by atoms with Gasteiger partial charge in [0.25, 0.3) is 5.91 Å². The molecule has 2 amide bonds. The van der Waals surface area contributed by atoms with Crippen molar-refractivity contribution in [1.29, 1.82) is 0 Å². The number of para-hydroxylation sites is 1. The fraction of sp³-hybridized carbons (Fsp3) is 0.477. The number of hydrogen-bond donors (Lipinski definition) is 4. The van der Waals surface area contributed by atoms with Gasteiger partial charge in [-0.1, -0.05) is 43.9 Å². The lowest BCUT2D eigenvalue weighted by molar-refractivity contribution is -0.129. The van der Waals surface area contributed by atoms with Gasteiger partial charge in [0.1, 0.15) is 0 Å². The van der Waals surface area contributed by atoms with Crippen molar-refractivity contribution in [2.45, 2.75) is 83.3 Å². The van der Waals surface area contributed by atoms with Gasteiger partial charge in [0.2, 0.25) is 0 Å². The zero-order valence-electron chi connectivity index (χ0n) is 33.8. The molecule has 15 nitrogen and oxygen atoms in total. The number of carbonyl (C=O) groups excluding carboxylic acids is 4. The van der Waals surface area contributed by atoms with E-state index in [0.29, 0.717) is 80.1 Å². The number of allylic oxidation sites excluding steroid dienone is 3. The fourth-order valence-electron chi connectivity index (χ4n) is 7.85. The number of nitrogens with zero attached hydrogens (tertiary/aromatic N) is 1. The first-order valence-electron chi connectivity index (χ1n) is 20.0. The highest BCUT2D eigenvalue weighted by Crippen LogP contribution is 2.31. The van der Waals surface area contributed by atoms with E-state index in [4.69, 9.17) is 29.1 Å². The Morgan fingerprint density at radius 3 is 2.66 bits per heavy atom. The molecule has 4 heterocycles. The van der Waals surface area contributed by atoms with Gasteiger partial charge >= 0.3 is 6.09 Å². The molecular weight excluding hydrogens is 761 g/mol. The van der Waals surface area contributed by atoms with Gasteiger partial charge < -0.3 is 49.7 Å². The van der Waals surface area contributed by atoms with Crippen LogP contribution in [0.25, 0.3) is 11.0 Å². The summed E-state index contributed by atoms with van der Waals surface area (Å²) < 4.78 is 28.7. The minimum Gasteiger partial charge on any atom is -0.476 e. The molecule has 7 atom stereocenters. The Balaban J connectivity index is 1.21. The summed E-state index contributed by atoms with van der Waals surface area (Å²) in [6.45, 7) is 8.06. The van der Waals surface area contributed by atoms with E-state index in [1.165, 1.54) is 19.3 Å². The van der Waals surface area contributed by atoms with Crippen molar-refractivity contribution >= 4 is 40.4 Å². The predicted molar refractivity (Wildman–Crippen MR) is 218 cm³/mol. The van der Waals surface area contributed by atoms with Crippen molar-refractivity contribution in [2.75, 3.05) is 44.9 Å². The predicted octanol–water partition coefficient (Wildman–Crippen LogP) is 3.32. The quantitative estimate of drug-likeness (QED) is 0.180. The normalized spacial score (nSPS) is 27.6. The number of aliphatic hydroxyl groups excluding tert-OH is 1. The number of carbonyl (C=O) groups is 4. The summed E-state index contributed by atoms with van der Waals surface area (Å²) in [4.78, 5) is 68.3. The summed E-state index contributed by atoms with van der Waals surface area (Å²) in [6, 6.07) is 5.63. The van der Waals surface area contributed by atoms with Crippen LogP contribution in [0, 0.1) is 23.7 Å². The number of nitrogens with one attached hydrogen (secondary N) is 2. The largest absolute Gasteiger partial charge is 0.476 e. The molecule has 2 aromatic rings. The van der Waals surface area contributed by atoms with Crippen molar-refractivity contribution in [1.82, 2.24) is 10.6 Å². The van der Waals surface area contributed by atoms with Crippen molar-refractivity contribution in [3.05, 3.63) is 87.0 Å². The molecule has 0 spiro atoms. The maximum atomic E-state index is 14.2. The molecule has 1 saturated heterocycles. The molecule has 1 unspecified atom stereocenters. The molecule has 314 valence electrons. The van der Waals surface area contributed by atoms with Crippen LogP contribution in [0.15, 0.2) is 80.4 Å². The smallest absolute Gasteiger partial charge is 0.405 e. The number of amides is 2. The molecule has 6 rings (SSSR count). The molecule has 1 aliphatic carbocycles. The van der Waals surface area contributed by atoms with Crippen molar-refractivity contribution < 1.29 is 47.6 Å². The zero-order valence-corrected chi connectivity index (χ0v) is 33.8. The monoisotopic (exact) mass is 812 g/mol. The second-order valence-electron chi connectivity index (χ2n) is 15.4. The van der Waals surface area contributed by atoms with Crippen LogP contribution in [0.5, 0.6) is 0 Å². The number of ether oxygens (including phenoxy) is 4. The van der Waals surface area contributed by atoms with Gasteiger partial charge in [-0.05, 0) is 62.0 Å². The third-order valence-corrected chi connectivity index (χ3v) is 10.9. The highest BCUT2D eigenvalue weighted by molar-refractivity contribution is 6.15. The SMILES string of the molecule is CO[C@@H]1C[C@H](C)CC2=C(NCCCC#Cc3cccc4c(=O)cc(N5CCOCC5)oc34)C(=O)CC(NC(=O)C3=CC=C[C@H](O3)[C@@H](OC(N)=O)/C(C)=C/[C@H](C)[C@H]1O)C2=O. The Morgan fingerprint density at radius 2 is 1.92 bits per heavy atom. The lowest BCUT2D eigenvalue weighted by atomic mass is 9.82. The molecule has 1 aromatic carbocycles. The number of benzene rings is 1. The van der Waals surface area contributed by atoms with Gasteiger partial charge in [-0.25, -0.2) is 4.79 Å². The van der Waals surface area contributed by atoms with Crippen molar-refractivity contribution in [3.8, 4) is 11.8 Å². The third-order valence-electron chi connectivity index (χ3n) is 10.9. The van der Waals surface area contributed by atoms with E-state index in [1.807, 2.05) is 11.8 Å². The summed E-state index contributed by atoms with van der Waals surface area (Å²) in [6.07, 6.45) is 2.83. The van der Waals surface area contributed by atoms with Crippen LogP contribution < -0.4 is 26.7 Å². The van der Waals surface area contributed by atoms with Crippen molar-refractivity contribution in [2.24, 2.45) is 17.6 Å². The lowest BCUT2D eigenvalue weighted by Crippen LogP contribution is -2.49. The fourth-order valence-corrected chi connectivity index (χ4v) is 7.85. The van der Waals surface area contributed by atoms with Crippen LogP contribution in [0.2, 0.25) is 0 Å². The van der Waals surface area contributed by atoms with Crippen LogP contribution in [-0.4, -0.2) is 99.1 Å². The Morgan fingerprint density at radius 1 is 1.14 bits per heavy atom. The van der Waals surface area contributed by atoms with Gasteiger partial charge in [-0.2, -0.15) is 0 Å². The molecule has 4 bridgehead atoms. The van der Waals surface area contributed by atoms with E-state index in [-0.39, 0.29) is 47.0 Å². The molecule has 1 fully saturated rings. The van der Waals surface area contributed by atoms with Gasteiger partial charge in [-0.3, -0.25) is 19.2 Å². The highest BCUT2D eigenvalue weighted by atomic mass is 16.6. The van der Waals surface area contributed by atoms with Crippen LogP contribution in [0.1, 0.15) is 58.4 Å². The van der Waals surface area contributed by atoms with Crippen LogP contribution >= 0.6 is 0 Å². The van der Waals surface area contributed by atoms with Crippen LogP contribution in [0.3, 0.4) is 0 Å². The van der Waals surface area contributed by atoms with E-state index in [2.05, 4.69) is 22.5 Å². The van der Waals surface area contributed by atoms with E-state index >= 15 is 0 Å². The van der Waals surface area contributed by atoms with E-state index in [0.717, 1.165) is 0 Å². The molecule has 1 aromatic heterocycles. The van der Waals surface area contributed by atoms with E-state index in [9.17, 15) is 29.1 Å². The zero-order chi connectivity index (χ0) is 42.2. The maximum Gasteiger partial charge on any atom is 0.405 e. The number of fused-ring (bicyclic) bond motifs is 5. The summed E-state index contributed by atoms with van der Waals surface area (Å²) in [5.74, 6) is 4.43. The van der Waals surface area contributed by atoms with Gasteiger partial charge in [0, 0.05) is 57.1 Å². The first-order valence-corrected chi connectivity index (χ1v) is 20.0. The first-order chi connectivity index (χ1) is 28.3. The molecule has 59 heavy (non-hydrogen) atoms. The van der Waals surface area contributed by atoms with Gasteiger partial charge in [0.15, 0.2) is 46.4 Å².